The van der Waals surface area contributed by atoms with Gasteiger partial charge in [-0.05, 0) is 36.4 Å². The van der Waals surface area contributed by atoms with Gasteiger partial charge in [-0.25, -0.2) is 13.8 Å². The highest BCUT2D eigenvalue weighted by Crippen LogP contribution is 2.43. The second kappa shape index (κ2) is 8.88. The largest absolute Gasteiger partial charge is 0.508 e. The number of imidazole rings is 1. The van der Waals surface area contributed by atoms with Crippen LogP contribution in [0.15, 0.2) is 48.5 Å². The van der Waals surface area contributed by atoms with E-state index in [1.807, 2.05) is 12.1 Å². The Kier molecular flexibility index (Phi) is 5.78. The van der Waals surface area contributed by atoms with Gasteiger partial charge in [0.05, 0.1) is 10.0 Å². The molecule has 2 N–H and O–H groups in total. The van der Waals surface area contributed by atoms with Crippen LogP contribution in [0.1, 0.15) is 0 Å². The highest BCUT2D eigenvalue weighted by Gasteiger charge is 2.23. The second-order valence-electron chi connectivity index (χ2n) is 7.17. The van der Waals surface area contributed by atoms with Crippen molar-refractivity contribution in [2.45, 2.75) is 0 Å². The molecule has 0 saturated heterocycles. The lowest BCUT2D eigenvalue weighted by Crippen LogP contribution is -2.15. The molecular weight excluding hydrogens is 472 g/mol. The zero-order chi connectivity index (χ0) is 22.9. The number of hydrogen-bond acceptors (Lipinski definition) is 6. The number of halogens is 3. The molecule has 1 aliphatic heterocycles. The Labute approximate surface area is 198 Å². The molecule has 3 heterocycles. The number of ether oxygens (including phenoxy) is 3. The van der Waals surface area contributed by atoms with Crippen LogP contribution in [-0.4, -0.2) is 41.0 Å². The Morgan fingerprint density at radius 2 is 1.82 bits per heavy atom. The van der Waals surface area contributed by atoms with Gasteiger partial charge in [0.2, 0.25) is 5.88 Å². The summed E-state index contributed by atoms with van der Waals surface area (Å²) < 4.78 is 31.5. The highest BCUT2D eigenvalue weighted by molar-refractivity contribution is 6.39. The Morgan fingerprint density at radius 3 is 2.58 bits per heavy atom. The third-order valence-corrected chi connectivity index (χ3v) is 5.60. The topological polar surface area (TPSA) is 77.3 Å². The van der Waals surface area contributed by atoms with E-state index >= 15 is 0 Å². The predicted octanol–water partition coefficient (Wildman–Crippen LogP) is 5.88. The van der Waals surface area contributed by atoms with E-state index in [2.05, 4.69) is 5.32 Å². The molecule has 2 aromatic carbocycles. The number of phenols is 1. The zero-order valence-electron chi connectivity index (χ0n) is 17.1. The van der Waals surface area contributed by atoms with Gasteiger partial charge in [0.1, 0.15) is 49.4 Å². The molecule has 0 saturated carbocycles. The number of anilines is 2. The summed E-state index contributed by atoms with van der Waals surface area (Å²) in [7, 11) is 0. The van der Waals surface area contributed by atoms with Crippen molar-refractivity contribution in [3.8, 4) is 34.4 Å². The normalized spacial score (nSPS) is 12.7. The van der Waals surface area contributed by atoms with Crippen molar-refractivity contribution in [3.05, 3.63) is 58.6 Å². The molecule has 170 valence electrons. The minimum absolute atomic E-state index is 0.0640. The number of alkyl halides is 1. The minimum atomic E-state index is -0.640. The average Bonchev–Trinajstić information content (AvgIpc) is 3.15. The molecule has 0 radical (unpaired) electrons. The van der Waals surface area contributed by atoms with Crippen molar-refractivity contribution < 1.29 is 23.7 Å². The fourth-order valence-electron chi connectivity index (χ4n) is 3.65. The van der Waals surface area contributed by atoms with E-state index in [-0.39, 0.29) is 22.4 Å². The average molecular weight is 490 g/mol. The Hall–Kier alpha value is -3.36. The van der Waals surface area contributed by atoms with Gasteiger partial charge in [-0.1, -0.05) is 29.3 Å². The molecule has 10 heteroatoms. The zero-order valence-corrected chi connectivity index (χ0v) is 18.7. The van der Waals surface area contributed by atoms with Crippen LogP contribution >= 0.6 is 23.2 Å². The molecule has 0 spiro atoms. The molecule has 0 unspecified atom stereocenters. The summed E-state index contributed by atoms with van der Waals surface area (Å²) >= 11 is 12.9. The number of aromatic hydroxyl groups is 1. The molecule has 0 aliphatic carbocycles. The SMILES string of the molecule is Oc1cc(Cl)c(-c2nc3cccc(OCCF)n3c2Nc2ccc3c(c2)OCCO3)c(Cl)c1. The number of nitrogens with one attached hydrogen (secondary N) is 1. The summed E-state index contributed by atoms with van der Waals surface area (Å²) in [6.07, 6.45) is 0. The van der Waals surface area contributed by atoms with Gasteiger partial charge < -0.3 is 24.6 Å². The number of nitrogens with zero attached hydrogens (tertiary/aromatic N) is 2. The third-order valence-electron chi connectivity index (χ3n) is 5.00. The van der Waals surface area contributed by atoms with Gasteiger partial charge in [0.25, 0.3) is 0 Å². The third kappa shape index (κ3) is 4.07. The number of benzene rings is 2. The summed E-state index contributed by atoms with van der Waals surface area (Å²) in [5.41, 5.74) is 2.07. The molecule has 0 fully saturated rings. The number of fused-ring (bicyclic) bond motifs is 2. The number of aromatic nitrogens is 2. The summed E-state index contributed by atoms with van der Waals surface area (Å²) in [5, 5.41) is 13.7. The monoisotopic (exact) mass is 489 g/mol. The van der Waals surface area contributed by atoms with Crippen LogP contribution in [0.3, 0.4) is 0 Å². The van der Waals surface area contributed by atoms with Crippen LogP contribution in [0.4, 0.5) is 15.9 Å². The standard InChI is InChI=1S/C23H18Cl2FN3O4/c24-15-11-14(30)12-16(25)21(15)22-23(27-13-4-5-17-18(10-13)32-9-8-31-17)29-19(28-22)2-1-3-20(29)33-7-6-26/h1-5,10-12,27,30H,6-9H2. The van der Waals surface area contributed by atoms with Crippen molar-refractivity contribution in [1.82, 2.24) is 9.38 Å². The van der Waals surface area contributed by atoms with Crippen molar-refractivity contribution in [2.75, 3.05) is 31.8 Å². The van der Waals surface area contributed by atoms with E-state index in [9.17, 15) is 9.50 Å². The van der Waals surface area contributed by atoms with E-state index in [0.29, 0.717) is 59.0 Å². The second-order valence-corrected chi connectivity index (χ2v) is 7.99. The molecule has 0 bridgehead atoms. The predicted molar refractivity (Wildman–Crippen MR) is 124 cm³/mol. The molecular formula is C23H18Cl2FN3O4. The van der Waals surface area contributed by atoms with E-state index in [4.69, 9.17) is 42.4 Å². The molecule has 7 nitrogen and oxygen atoms in total. The van der Waals surface area contributed by atoms with Crippen LogP contribution in [0.5, 0.6) is 23.1 Å². The lowest BCUT2D eigenvalue weighted by molar-refractivity contribution is 0.171. The van der Waals surface area contributed by atoms with Crippen LogP contribution in [-0.2, 0) is 0 Å². The van der Waals surface area contributed by atoms with Gasteiger partial charge in [-0.15, -0.1) is 0 Å². The van der Waals surface area contributed by atoms with Crippen LogP contribution in [0.25, 0.3) is 16.9 Å². The van der Waals surface area contributed by atoms with Gasteiger partial charge in [-0.3, -0.25) is 0 Å². The molecule has 5 rings (SSSR count). The van der Waals surface area contributed by atoms with Crippen molar-refractivity contribution in [3.63, 3.8) is 0 Å². The maximum atomic E-state index is 12.9. The maximum absolute atomic E-state index is 12.9. The summed E-state index contributed by atoms with van der Waals surface area (Å²) in [4.78, 5) is 4.71. The van der Waals surface area contributed by atoms with Gasteiger partial charge >= 0.3 is 0 Å². The van der Waals surface area contributed by atoms with E-state index in [1.54, 1.807) is 28.7 Å². The van der Waals surface area contributed by atoms with Crippen LogP contribution in [0, 0.1) is 0 Å². The maximum Gasteiger partial charge on any atom is 0.201 e. The quantitative estimate of drug-likeness (QED) is 0.352. The minimum Gasteiger partial charge on any atom is -0.508 e. The van der Waals surface area contributed by atoms with Crippen molar-refractivity contribution >= 4 is 40.4 Å². The van der Waals surface area contributed by atoms with Gasteiger partial charge in [0, 0.05) is 17.3 Å². The van der Waals surface area contributed by atoms with Crippen LogP contribution < -0.4 is 19.5 Å². The summed E-state index contributed by atoms with van der Waals surface area (Å²) in [6.45, 7) is 0.191. The highest BCUT2D eigenvalue weighted by atomic mass is 35.5. The molecule has 2 aromatic heterocycles. The van der Waals surface area contributed by atoms with E-state index < -0.39 is 6.67 Å². The van der Waals surface area contributed by atoms with E-state index in [0.717, 1.165) is 0 Å². The molecule has 0 atom stereocenters. The Bertz CT molecular complexity index is 1320. The lowest BCUT2D eigenvalue weighted by atomic mass is 10.1. The van der Waals surface area contributed by atoms with Crippen LogP contribution in [0.2, 0.25) is 10.0 Å². The van der Waals surface area contributed by atoms with E-state index in [1.165, 1.54) is 12.1 Å². The summed E-state index contributed by atoms with van der Waals surface area (Å²) in [6, 6.07) is 13.5. The summed E-state index contributed by atoms with van der Waals surface area (Å²) in [5.74, 6) is 2.07. The molecule has 4 aromatic rings. The van der Waals surface area contributed by atoms with Gasteiger partial charge in [0.15, 0.2) is 11.5 Å². The molecule has 33 heavy (non-hydrogen) atoms. The smallest absolute Gasteiger partial charge is 0.201 e. The molecule has 0 amide bonds. The first-order valence-corrected chi connectivity index (χ1v) is 10.9. The number of pyridine rings is 1. The number of phenolic OH excluding ortho intramolecular Hbond substituents is 1. The van der Waals surface area contributed by atoms with Crippen molar-refractivity contribution in [1.29, 1.82) is 0 Å². The number of rotatable bonds is 6. The Balaban J connectivity index is 1.70. The lowest BCUT2D eigenvalue weighted by Gasteiger charge is -2.19. The Morgan fingerprint density at radius 1 is 1.06 bits per heavy atom. The fourth-order valence-corrected chi connectivity index (χ4v) is 4.31. The van der Waals surface area contributed by atoms with Gasteiger partial charge in [-0.2, -0.15) is 0 Å². The fraction of sp³-hybridized carbons (Fsp3) is 0.174. The molecule has 1 aliphatic rings. The van der Waals surface area contributed by atoms with Crippen molar-refractivity contribution in [2.24, 2.45) is 0 Å². The first kappa shape index (κ1) is 21.5. The first-order valence-electron chi connectivity index (χ1n) is 10.1. The first-order chi connectivity index (χ1) is 16.0. The number of hydrogen-bond donors (Lipinski definition) is 2.